The quantitative estimate of drug-likeness (QED) is 0.674. The number of carbonyl (C=O) groups is 3. The lowest BCUT2D eigenvalue weighted by Gasteiger charge is -2.39. The number of nitrogens with zero attached hydrogens (tertiary/aromatic N) is 1. The minimum atomic E-state index is -0.859. The van der Waals surface area contributed by atoms with Crippen molar-refractivity contribution in [3.8, 4) is 0 Å². The molecule has 0 bridgehead atoms. The molecule has 20 heavy (non-hydrogen) atoms. The summed E-state index contributed by atoms with van der Waals surface area (Å²) in [6.45, 7) is 7.43. The van der Waals surface area contributed by atoms with Gasteiger partial charge in [-0.1, -0.05) is 0 Å². The Balaban J connectivity index is 2.20. The first kappa shape index (κ1) is 14.9. The Bertz CT molecular complexity index is 589. The van der Waals surface area contributed by atoms with E-state index < -0.39 is 5.54 Å². The first-order valence-corrected chi connectivity index (χ1v) is 7.23. The number of aryl methyl sites for hydroxylation is 2. The summed E-state index contributed by atoms with van der Waals surface area (Å²) in [6.07, 6.45) is 0. The van der Waals surface area contributed by atoms with Crippen LogP contribution in [0.5, 0.6) is 0 Å². The van der Waals surface area contributed by atoms with E-state index in [1.807, 2.05) is 19.9 Å². The number of ketones is 1. The third-order valence-electron chi connectivity index (χ3n) is 3.61. The van der Waals surface area contributed by atoms with Crippen LogP contribution in [0.1, 0.15) is 34.0 Å². The normalized spacial score (nSPS) is 19.0. The second-order valence-electron chi connectivity index (χ2n) is 5.54. The van der Waals surface area contributed by atoms with Crippen LogP contribution in [0, 0.1) is 13.8 Å². The molecule has 2 amide bonds. The van der Waals surface area contributed by atoms with Crippen molar-refractivity contribution in [2.75, 3.05) is 13.1 Å². The summed E-state index contributed by atoms with van der Waals surface area (Å²) in [7, 11) is 0. The van der Waals surface area contributed by atoms with Gasteiger partial charge in [-0.2, -0.15) is 0 Å². The molecule has 0 saturated carbocycles. The molecule has 0 spiro atoms. The molecular weight excluding hydrogens is 276 g/mol. The number of thiophene rings is 1. The number of imide groups is 1. The lowest BCUT2D eigenvalue weighted by Crippen LogP contribution is -2.64. The highest BCUT2D eigenvalue weighted by atomic mass is 32.1. The van der Waals surface area contributed by atoms with Crippen LogP contribution in [0.3, 0.4) is 0 Å². The highest BCUT2D eigenvalue weighted by Gasteiger charge is 2.41. The molecule has 2 heterocycles. The molecule has 0 unspecified atom stereocenters. The summed E-state index contributed by atoms with van der Waals surface area (Å²) in [5.74, 6) is -0.775. The average molecular weight is 294 g/mol. The molecule has 1 aliphatic heterocycles. The average Bonchev–Trinajstić information content (AvgIpc) is 2.65. The molecule has 108 valence electrons. The summed E-state index contributed by atoms with van der Waals surface area (Å²) < 4.78 is 0. The predicted molar refractivity (Wildman–Crippen MR) is 76.9 cm³/mol. The van der Waals surface area contributed by atoms with Gasteiger partial charge in [-0.05, 0) is 33.8 Å². The van der Waals surface area contributed by atoms with Gasteiger partial charge in [0.15, 0.2) is 5.78 Å². The fourth-order valence-corrected chi connectivity index (χ4v) is 3.20. The van der Waals surface area contributed by atoms with Gasteiger partial charge in [-0.25, -0.2) is 0 Å². The summed E-state index contributed by atoms with van der Waals surface area (Å²) >= 11 is 1.57. The van der Waals surface area contributed by atoms with Gasteiger partial charge in [0.25, 0.3) is 0 Å². The van der Waals surface area contributed by atoms with Gasteiger partial charge < -0.3 is 0 Å². The van der Waals surface area contributed by atoms with E-state index >= 15 is 0 Å². The van der Waals surface area contributed by atoms with Crippen LogP contribution in [0.2, 0.25) is 0 Å². The lowest BCUT2D eigenvalue weighted by molar-refractivity contribution is -0.144. The van der Waals surface area contributed by atoms with Crippen LogP contribution < -0.4 is 5.32 Å². The van der Waals surface area contributed by atoms with Crippen molar-refractivity contribution in [1.82, 2.24) is 10.2 Å². The number of rotatable bonds is 3. The Labute approximate surface area is 122 Å². The zero-order valence-electron chi connectivity index (χ0n) is 12.1. The van der Waals surface area contributed by atoms with Crippen molar-refractivity contribution in [2.45, 2.75) is 33.2 Å². The molecule has 1 fully saturated rings. The first-order valence-electron chi connectivity index (χ1n) is 6.41. The molecule has 1 saturated heterocycles. The maximum atomic E-state index is 12.4. The molecule has 1 aromatic rings. The Morgan fingerprint density at radius 2 is 2.05 bits per heavy atom. The van der Waals surface area contributed by atoms with Gasteiger partial charge in [0.1, 0.15) is 0 Å². The van der Waals surface area contributed by atoms with E-state index in [-0.39, 0.29) is 30.7 Å². The third kappa shape index (κ3) is 2.66. The molecule has 0 atom stereocenters. The van der Waals surface area contributed by atoms with Crippen molar-refractivity contribution in [2.24, 2.45) is 0 Å². The molecule has 0 aromatic carbocycles. The zero-order valence-corrected chi connectivity index (χ0v) is 12.9. The molecular formula is C14H18N2O3S. The highest BCUT2D eigenvalue weighted by Crippen LogP contribution is 2.23. The Morgan fingerprint density at radius 3 is 2.60 bits per heavy atom. The van der Waals surface area contributed by atoms with Gasteiger partial charge in [0, 0.05) is 15.3 Å². The topological polar surface area (TPSA) is 66.5 Å². The van der Waals surface area contributed by atoms with Gasteiger partial charge in [-0.3, -0.25) is 24.6 Å². The highest BCUT2D eigenvalue weighted by molar-refractivity contribution is 7.12. The van der Waals surface area contributed by atoms with Crippen LogP contribution in [0.15, 0.2) is 6.07 Å². The molecule has 1 aliphatic rings. The molecule has 0 aliphatic carbocycles. The second-order valence-corrected chi connectivity index (χ2v) is 7.00. The number of Topliss-reactive ketones (excluding diaryl/α,β-unsaturated/α-hetero) is 1. The summed E-state index contributed by atoms with van der Waals surface area (Å²) in [4.78, 5) is 39.4. The lowest BCUT2D eigenvalue weighted by atomic mass is 9.97. The van der Waals surface area contributed by atoms with E-state index in [1.54, 1.807) is 30.1 Å². The van der Waals surface area contributed by atoms with Crippen LogP contribution in [0.25, 0.3) is 0 Å². The van der Waals surface area contributed by atoms with Gasteiger partial charge in [0.05, 0.1) is 18.6 Å². The number of nitrogens with one attached hydrogen (secondary N) is 1. The Hall–Kier alpha value is -1.53. The van der Waals surface area contributed by atoms with Crippen molar-refractivity contribution in [3.05, 3.63) is 21.4 Å². The van der Waals surface area contributed by atoms with Gasteiger partial charge in [-0.15, -0.1) is 11.3 Å². The fourth-order valence-electron chi connectivity index (χ4n) is 2.25. The van der Waals surface area contributed by atoms with Crippen molar-refractivity contribution in [1.29, 1.82) is 0 Å². The number of hydrogen-bond acceptors (Lipinski definition) is 5. The molecule has 5 nitrogen and oxygen atoms in total. The number of amides is 2. The van der Waals surface area contributed by atoms with Crippen LogP contribution in [-0.4, -0.2) is 41.1 Å². The number of piperazine rings is 1. The zero-order chi connectivity index (χ0) is 15.1. The molecule has 2 rings (SSSR count). The fraction of sp³-hybridized carbons (Fsp3) is 0.500. The van der Waals surface area contributed by atoms with Crippen LogP contribution >= 0.6 is 11.3 Å². The summed E-state index contributed by atoms with van der Waals surface area (Å²) in [6, 6.07) is 1.86. The molecule has 0 radical (unpaired) electrons. The predicted octanol–water partition coefficient (Wildman–Crippen LogP) is 1.28. The monoisotopic (exact) mass is 294 g/mol. The molecule has 1 N–H and O–H groups in total. The van der Waals surface area contributed by atoms with Crippen LogP contribution in [0.4, 0.5) is 0 Å². The Kier molecular flexibility index (Phi) is 3.80. The van der Waals surface area contributed by atoms with E-state index in [4.69, 9.17) is 0 Å². The number of carbonyl (C=O) groups excluding carboxylic acids is 3. The van der Waals surface area contributed by atoms with E-state index in [0.717, 1.165) is 9.75 Å². The standard InChI is InChI=1S/C14H18N2O3S/c1-8-5-10(9(2)20-8)11(17)6-16-7-12(18)15-13(19)14(16,3)4/h5H,6-7H2,1-4H3,(H,15,18,19). The van der Waals surface area contributed by atoms with Gasteiger partial charge >= 0.3 is 0 Å². The SMILES string of the molecule is Cc1cc(C(=O)CN2CC(=O)NC(=O)C2(C)C)c(C)s1. The summed E-state index contributed by atoms with van der Waals surface area (Å²) in [5.41, 5.74) is -0.176. The van der Waals surface area contributed by atoms with E-state index in [0.29, 0.717) is 5.56 Å². The third-order valence-corrected chi connectivity index (χ3v) is 4.58. The van der Waals surface area contributed by atoms with Crippen molar-refractivity contribution >= 4 is 28.9 Å². The number of hydrogen-bond donors (Lipinski definition) is 1. The first-order chi connectivity index (χ1) is 9.21. The minimum Gasteiger partial charge on any atom is -0.294 e. The smallest absolute Gasteiger partial charge is 0.246 e. The van der Waals surface area contributed by atoms with Crippen molar-refractivity contribution < 1.29 is 14.4 Å². The maximum absolute atomic E-state index is 12.4. The van der Waals surface area contributed by atoms with Gasteiger partial charge in [0.2, 0.25) is 11.8 Å². The maximum Gasteiger partial charge on any atom is 0.246 e. The van der Waals surface area contributed by atoms with Crippen molar-refractivity contribution in [3.63, 3.8) is 0 Å². The van der Waals surface area contributed by atoms with E-state index in [1.165, 1.54) is 0 Å². The largest absolute Gasteiger partial charge is 0.294 e. The summed E-state index contributed by atoms with van der Waals surface area (Å²) in [5, 5.41) is 2.30. The molecule has 6 heteroatoms. The second kappa shape index (κ2) is 5.10. The van der Waals surface area contributed by atoms with Crippen LogP contribution in [-0.2, 0) is 9.59 Å². The van der Waals surface area contributed by atoms with E-state index in [2.05, 4.69) is 5.32 Å². The van der Waals surface area contributed by atoms with E-state index in [9.17, 15) is 14.4 Å². The molecule has 1 aromatic heterocycles. The Morgan fingerprint density at radius 1 is 1.40 bits per heavy atom. The minimum absolute atomic E-state index is 0.0533.